The number of halogens is 1. The summed E-state index contributed by atoms with van der Waals surface area (Å²) in [7, 11) is 4.91. The van der Waals surface area contributed by atoms with Crippen molar-refractivity contribution in [3.05, 3.63) is 28.8 Å². The van der Waals surface area contributed by atoms with Crippen molar-refractivity contribution in [3.63, 3.8) is 0 Å². The number of benzene rings is 1. The second kappa shape index (κ2) is 7.51. The Hall–Kier alpha value is -1.72. The topological polar surface area (TPSA) is 50.8 Å². The molecule has 5 nitrogen and oxygen atoms in total. The summed E-state index contributed by atoms with van der Waals surface area (Å²) >= 11 is 6.15. The molecule has 0 radical (unpaired) electrons. The smallest absolute Gasteiger partial charge is 0.246 e. The van der Waals surface area contributed by atoms with E-state index in [-0.39, 0.29) is 11.9 Å². The van der Waals surface area contributed by atoms with Crippen LogP contribution in [-0.4, -0.2) is 51.2 Å². The van der Waals surface area contributed by atoms with Crippen LogP contribution in [0.3, 0.4) is 0 Å². The lowest BCUT2D eigenvalue weighted by Crippen LogP contribution is -2.37. The molecule has 0 bridgehead atoms. The lowest BCUT2D eigenvalue weighted by atomic mass is 10.1. The number of amides is 1. The van der Waals surface area contributed by atoms with Crippen molar-refractivity contribution in [3.8, 4) is 11.5 Å². The van der Waals surface area contributed by atoms with Crippen LogP contribution in [0.2, 0.25) is 5.02 Å². The van der Waals surface area contributed by atoms with Crippen LogP contribution in [0, 0.1) is 0 Å². The first-order valence-corrected chi connectivity index (χ1v) is 7.51. The maximum atomic E-state index is 12.2. The molecule has 6 heteroatoms. The Labute approximate surface area is 135 Å². The third-order valence-electron chi connectivity index (χ3n) is 3.80. The molecule has 1 fully saturated rings. The maximum absolute atomic E-state index is 12.2. The average molecular weight is 325 g/mol. The first-order valence-electron chi connectivity index (χ1n) is 7.14. The summed E-state index contributed by atoms with van der Waals surface area (Å²) in [6.45, 7) is 1.80. The van der Waals surface area contributed by atoms with Crippen LogP contribution in [0.5, 0.6) is 11.5 Å². The summed E-state index contributed by atoms with van der Waals surface area (Å²) in [5.41, 5.74) is 0.786. The number of likely N-dealkylation sites (N-methyl/N-ethyl adjacent to an activating group) is 1. The lowest BCUT2D eigenvalue weighted by Gasteiger charge is -2.22. The Morgan fingerprint density at radius 1 is 1.41 bits per heavy atom. The fourth-order valence-corrected chi connectivity index (χ4v) is 2.77. The van der Waals surface area contributed by atoms with E-state index in [4.69, 9.17) is 21.1 Å². The van der Waals surface area contributed by atoms with Crippen molar-refractivity contribution < 1.29 is 14.3 Å². The molecule has 1 aliphatic heterocycles. The average Bonchev–Trinajstić information content (AvgIpc) is 3.05. The number of carbonyl (C=O) groups is 1. The zero-order chi connectivity index (χ0) is 16.1. The van der Waals surface area contributed by atoms with E-state index in [9.17, 15) is 4.79 Å². The normalized spacial score (nSPS) is 17.7. The molecule has 2 rings (SSSR count). The van der Waals surface area contributed by atoms with E-state index < -0.39 is 0 Å². The predicted octanol–water partition coefficient (Wildman–Crippen LogP) is 2.19. The second-order valence-corrected chi connectivity index (χ2v) is 5.57. The van der Waals surface area contributed by atoms with Crippen molar-refractivity contribution >= 4 is 23.6 Å². The Morgan fingerprint density at radius 3 is 2.77 bits per heavy atom. The summed E-state index contributed by atoms with van der Waals surface area (Å²) < 4.78 is 10.4. The van der Waals surface area contributed by atoms with E-state index in [2.05, 4.69) is 5.32 Å². The number of ether oxygens (including phenoxy) is 2. The molecule has 0 spiro atoms. The van der Waals surface area contributed by atoms with Gasteiger partial charge in [0.25, 0.3) is 0 Å². The molecule has 1 N–H and O–H groups in total. The number of rotatable bonds is 5. The summed E-state index contributed by atoms with van der Waals surface area (Å²) in [5.74, 6) is 0.997. The zero-order valence-electron chi connectivity index (χ0n) is 13.1. The maximum Gasteiger partial charge on any atom is 0.246 e. The predicted molar refractivity (Wildman–Crippen MR) is 87.6 cm³/mol. The number of nitrogens with zero attached hydrogens (tertiary/aromatic N) is 1. The van der Waals surface area contributed by atoms with E-state index in [1.165, 1.54) is 7.11 Å². The quantitative estimate of drug-likeness (QED) is 0.844. The van der Waals surface area contributed by atoms with Gasteiger partial charge in [0.1, 0.15) is 0 Å². The van der Waals surface area contributed by atoms with Gasteiger partial charge in [0.15, 0.2) is 11.5 Å². The molecule has 1 saturated heterocycles. The van der Waals surface area contributed by atoms with Gasteiger partial charge in [-0.25, -0.2) is 0 Å². The standard InChI is InChI=1S/C16H21ClN2O3/c1-19(12-6-7-18-10-12)15(20)5-4-11-8-13(17)16(22-3)14(9-11)21-2/h4-5,8-9,12,18H,6-7,10H2,1-3H3. The number of hydrogen-bond donors (Lipinski definition) is 1. The van der Waals surface area contributed by atoms with E-state index in [1.807, 2.05) is 7.05 Å². The van der Waals surface area contributed by atoms with Crippen molar-refractivity contribution in [1.82, 2.24) is 10.2 Å². The molecule has 120 valence electrons. The summed E-state index contributed by atoms with van der Waals surface area (Å²) in [4.78, 5) is 14.0. The first-order chi connectivity index (χ1) is 10.6. The minimum atomic E-state index is -0.0281. The third kappa shape index (κ3) is 3.72. The highest BCUT2D eigenvalue weighted by Crippen LogP contribution is 2.36. The Balaban J connectivity index is 2.12. The van der Waals surface area contributed by atoms with Crippen molar-refractivity contribution in [2.75, 3.05) is 34.4 Å². The van der Waals surface area contributed by atoms with Crippen LogP contribution in [-0.2, 0) is 4.79 Å². The minimum Gasteiger partial charge on any atom is -0.493 e. The van der Waals surface area contributed by atoms with Gasteiger partial charge in [-0.05, 0) is 36.7 Å². The van der Waals surface area contributed by atoms with Crippen LogP contribution >= 0.6 is 11.6 Å². The molecule has 1 atom stereocenters. The molecule has 1 amide bonds. The van der Waals surface area contributed by atoms with Gasteiger partial charge < -0.3 is 19.7 Å². The molecule has 1 unspecified atom stereocenters. The van der Waals surface area contributed by atoms with Crippen LogP contribution in [0.4, 0.5) is 0 Å². The largest absolute Gasteiger partial charge is 0.493 e. The highest BCUT2D eigenvalue weighted by atomic mass is 35.5. The van der Waals surface area contributed by atoms with E-state index in [0.717, 1.165) is 25.1 Å². The fraction of sp³-hybridized carbons (Fsp3) is 0.438. The summed E-state index contributed by atoms with van der Waals surface area (Å²) in [6, 6.07) is 3.78. The van der Waals surface area contributed by atoms with E-state index in [1.54, 1.807) is 36.3 Å². The van der Waals surface area contributed by atoms with Gasteiger partial charge in [-0.2, -0.15) is 0 Å². The van der Waals surface area contributed by atoms with Gasteiger partial charge in [-0.1, -0.05) is 11.6 Å². The van der Waals surface area contributed by atoms with Crippen LogP contribution < -0.4 is 14.8 Å². The van der Waals surface area contributed by atoms with Crippen molar-refractivity contribution in [2.45, 2.75) is 12.5 Å². The molecule has 1 aliphatic rings. The van der Waals surface area contributed by atoms with Crippen LogP contribution in [0.15, 0.2) is 18.2 Å². The highest BCUT2D eigenvalue weighted by molar-refractivity contribution is 6.32. The highest BCUT2D eigenvalue weighted by Gasteiger charge is 2.21. The Bertz CT molecular complexity index is 569. The third-order valence-corrected chi connectivity index (χ3v) is 4.08. The number of hydrogen-bond acceptors (Lipinski definition) is 4. The van der Waals surface area contributed by atoms with Crippen molar-refractivity contribution in [1.29, 1.82) is 0 Å². The molecule has 0 aliphatic carbocycles. The number of nitrogens with one attached hydrogen (secondary N) is 1. The fourth-order valence-electron chi connectivity index (χ4n) is 2.47. The van der Waals surface area contributed by atoms with Gasteiger partial charge >= 0.3 is 0 Å². The van der Waals surface area contributed by atoms with Gasteiger partial charge in [0.2, 0.25) is 5.91 Å². The lowest BCUT2D eigenvalue weighted by molar-refractivity contribution is -0.126. The monoisotopic (exact) mass is 324 g/mol. The van der Waals surface area contributed by atoms with Crippen LogP contribution in [0.1, 0.15) is 12.0 Å². The number of carbonyl (C=O) groups excluding carboxylic acids is 1. The molecule has 1 heterocycles. The molecule has 1 aromatic rings. The van der Waals surface area contributed by atoms with E-state index in [0.29, 0.717) is 16.5 Å². The van der Waals surface area contributed by atoms with Gasteiger partial charge in [0, 0.05) is 25.7 Å². The van der Waals surface area contributed by atoms with E-state index >= 15 is 0 Å². The Morgan fingerprint density at radius 2 is 2.18 bits per heavy atom. The minimum absolute atomic E-state index is 0.0281. The van der Waals surface area contributed by atoms with Crippen LogP contribution in [0.25, 0.3) is 6.08 Å². The Kier molecular flexibility index (Phi) is 5.69. The molecule has 0 aromatic heterocycles. The van der Waals surface area contributed by atoms with Gasteiger partial charge in [0.05, 0.1) is 19.2 Å². The first kappa shape index (κ1) is 16.6. The van der Waals surface area contributed by atoms with Crippen molar-refractivity contribution in [2.24, 2.45) is 0 Å². The summed E-state index contributed by atoms with van der Waals surface area (Å²) in [6.07, 6.45) is 4.27. The molecule has 22 heavy (non-hydrogen) atoms. The van der Waals surface area contributed by atoms with Gasteiger partial charge in [-0.15, -0.1) is 0 Å². The second-order valence-electron chi connectivity index (χ2n) is 5.17. The molecule has 0 saturated carbocycles. The SMILES string of the molecule is COc1cc(C=CC(=O)N(C)C2CCNC2)cc(Cl)c1OC. The number of methoxy groups -OCH3 is 2. The molecular formula is C16H21ClN2O3. The molecular weight excluding hydrogens is 304 g/mol. The molecule has 1 aromatic carbocycles. The zero-order valence-corrected chi connectivity index (χ0v) is 13.8. The summed E-state index contributed by atoms with van der Waals surface area (Å²) in [5, 5.41) is 3.70. The van der Waals surface area contributed by atoms with Gasteiger partial charge in [-0.3, -0.25) is 4.79 Å².